The molecule has 8 heteroatoms. The fourth-order valence-corrected chi connectivity index (χ4v) is 1.57. The lowest BCUT2D eigenvalue weighted by Crippen LogP contribution is -2.37. The van der Waals surface area contributed by atoms with E-state index in [9.17, 15) is 9.59 Å². The maximum atomic E-state index is 11.4. The molecule has 20 heavy (non-hydrogen) atoms. The van der Waals surface area contributed by atoms with Crippen LogP contribution >= 0.6 is 0 Å². The van der Waals surface area contributed by atoms with E-state index in [4.69, 9.17) is 9.63 Å². The second-order valence-corrected chi connectivity index (χ2v) is 4.37. The number of rotatable bonds is 9. The molecule has 1 aromatic rings. The third kappa shape index (κ3) is 7.34. The number of aliphatic carboxylic acids is 1. The number of nitrogens with one attached hydrogen (secondary N) is 2. The van der Waals surface area contributed by atoms with Crippen molar-refractivity contribution in [2.24, 2.45) is 0 Å². The summed E-state index contributed by atoms with van der Waals surface area (Å²) in [6, 6.07) is -0.250. The number of hydrogen-bond donors (Lipinski definition) is 3. The summed E-state index contributed by atoms with van der Waals surface area (Å²) in [5, 5.41) is 17.5. The Balaban J connectivity index is 1.96. The number of carbonyl (C=O) groups excluding carboxylic acids is 1. The maximum absolute atomic E-state index is 11.4. The Morgan fingerprint density at radius 2 is 1.95 bits per heavy atom. The molecule has 0 atom stereocenters. The number of unbranched alkanes of at least 4 members (excludes halogenated alkanes) is 2. The predicted octanol–water partition coefficient (Wildman–Crippen LogP) is 0.865. The van der Waals surface area contributed by atoms with Gasteiger partial charge in [-0.2, -0.15) is 4.98 Å². The first-order chi connectivity index (χ1) is 9.58. The summed E-state index contributed by atoms with van der Waals surface area (Å²) in [6.07, 6.45) is 2.86. The molecule has 0 radical (unpaired) electrons. The Kier molecular flexibility index (Phi) is 7.08. The molecule has 3 N–H and O–H groups in total. The van der Waals surface area contributed by atoms with Crippen LogP contribution in [0, 0.1) is 6.92 Å². The van der Waals surface area contributed by atoms with Gasteiger partial charge in [-0.3, -0.25) is 4.79 Å². The molecule has 8 nitrogen and oxygen atoms in total. The van der Waals surface area contributed by atoms with Gasteiger partial charge in [0.15, 0.2) is 5.82 Å². The van der Waals surface area contributed by atoms with Crippen molar-refractivity contribution in [3.05, 3.63) is 11.7 Å². The molecule has 2 amide bonds. The van der Waals surface area contributed by atoms with Gasteiger partial charge in [0.25, 0.3) is 0 Å². The van der Waals surface area contributed by atoms with Gasteiger partial charge in [0.1, 0.15) is 0 Å². The highest BCUT2D eigenvalue weighted by atomic mass is 16.5. The summed E-state index contributed by atoms with van der Waals surface area (Å²) >= 11 is 0. The van der Waals surface area contributed by atoms with E-state index in [0.717, 1.165) is 12.8 Å². The third-order valence-electron chi connectivity index (χ3n) is 2.55. The Labute approximate surface area is 116 Å². The van der Waals surface area contributed by atoms with E-state index in [-0.39, 0.29) is 12.5 Å². The first-order valence-electron chi connectivity index (χ1n) is 6.60. The van der Waals surface area contributed by atoms with E-state index in [1.807, 2.05) is 0 Å². The van der Waals surface area contributed by atoms with Crippen LogP contribution in [0.4, 0.5) is 4.79 Å². The van der Waals surface area contributed by atoms with Gasteiger partial charge in [-0.15, -0.1) is 0 Å². The van der Waals surface area contributed by atoms with E-state index in [1.54, 1.807) is 6.92 Å². The third-order valence-corrected chi connectivity index (χ3v) is 2.55. The van der Waals surface area contributed by atoms with Gasteiger partial charge in [0, 0.05) is 25.9 Å². The van der Waals surface area contributed by atoms with Gasteiger partial charge in [0.2, 0.25) is 5.89 Å². The van der Waals surface area contributed by atoms with E-state index >= 15 is 0 Å². The van der Waals surface area contributed by atoms with Crippen LogP contribution in [0.3, 0.4) is 0 Å². The fourth-order valence-electron chi connectivity index (χ4n) is 1.57. The molecular weight excluding hydrogens is 264 g/mol. The molecule has 0 fully saturated rings. The minimum absolute atomic E-state index is 0.176. The van der Waals surface area contributed by atoms with Crippen molar-refractivity contribution in [1.82, 2.24) is 20.8 Å². The lowest BCUT2D eigenvalue weighted by atomic mass is 10.2. The Morgan fingerprint density at radius 1 is 1.20 bits per heavy atom. The Morgan fingerprint density at radius 3 is 2.60 bits per heavy atom. The van der Waals surface area contributed by atoms with Gasteiger partial charge in [0.05, 0.1) is 0 Å². The highest BCUT2D eigenvalue weighted by Gasteiger charge is 2.04. The van der Waals surface area contributed by atoms with Crippen molar-refractivity contribution in [2.75, 3.05) is 13.1 Å². The molecule has 112 valence electrons. The zero-order valence-corrected chi connectivity index (χ0v) is 11.5. The molecule has 0 spiro atoms. The average Bonchev–Trinajstić information content (AvgIpc) is 2.79. The van der Waals surface area contributed by atoms with Crippen LogP contribution in [0.2, 0.25) is 0 Å². The molecule has 0 aliphatic rings. The molecule has 0 bridgehead atoms. The van der Waals surface area contributed by atoms with Crippen molar-refractivity contribution < 1.29 is 19.2 Å². The molecular formula is C12H20N4O4. The number of aromatic nitrogens is 2. The van der Waals surface area contributed by atoms with E-state index in [1.165, 1.54) is 0 Å². The van der Waals surface area contributed by atoms with Crippen molar-refractivity contribution in [2.45, 2.75) is 39.0 Å². The lowest BCUT2D eigenvalue weighted by molar-refractivity contribution is -0.137. The van der Waals surface area contributed by atoms with Crippen molar-refractivity contribution in [1.29, 1.82) is 0 Å². The van der Waals surface area contributed by atoms with Crippen molar-refractivity contribution in [3.63, 3.8) is 0 Å². The topological polar surface area (TPSA) is 117 Å². The maximum Gasteiger partial charge on any atom is 0.314 e. The highest BCUT2D eigenvalue weighted by molar-refractivity contribution is 5.73. The largest absolute Gasteiger partial charge is 0.481 e. The zero-order valence-electron chi connectivity index (χ0n) is 11.5. The summed E-state index contributed by atoms with van der Waals surface area (Å²) in [5.74, 6) is 0.286. The molecule has 1 heterocycles. The fraction of sp³-hybridized carbons (Fsp3) is 0.667. The van der Waals surface area contributed by atoms with Crippen LogP contribution in [0.15, 0.2) is 4.52 Å². The normalized spacial score (nSPS) is 10.2. The van der Waals surface area contributed by atoms with Crippen LogP contribution in [0.25, 0.3) is 0 Å². The monoisotopic (exact) mass is 284 g/mol. The predicted molar refractivity (Wildman–Crippen MR) is 70.2 cm³/mol. The molecule has 0 aliphatic heterocycles. The number of carboxylic acids is 1. The first kappa shape index (κ1) is 15.9. The number of hydrogen-bond acceptors (Lipinski definition) is 5. The average molecular weight is 284 g/mol. The van der Waals surface area contributed by atoms with Gasteiger partial charge in [-0.1, -0.05) is 11.6 Å². The molecule has 0 aliphatic carbocycles. The molecule has 0 unspecified atom stereocenters. The minimum Gasteiger partial charge on any atom is -0.481 e. The second-order valence-electron chi connectivity index (χ2n) is 4.37. The molecule has 0 saturated carbocycles. The van der Waals surface area contributed by atoms with Crippen LogP contribution in [-0.2, 0) is 11.2 Å². The van der Waals surface area contributed by atoms with Crippen molar-refractivity contribution in [3.8, 4) is 0 Å². The van der Waals surface area contributed by atoms with Crippen LogP contribution < -0.4 is 10.6 Å². The second kappa shape index (κ2) is 8.89. The number of nitrogens with zero attached hydrogens (tertiary/aromatic N) is 2. The van der Waals surface area contributed by atoms with Crippen molar-refractivity contribution >= 4 is 12.0 Å². The van der Waals surface area contributed by atoms with Crippen LogP contribution in [-0.4, -0.2) is 40.3 Å². The standard InChI is InChI=1S/C12H20N4O4/c1-9-15-10(20-16-9)6-8-14-12(19)13-7-4-2-3-5-11(17)18/h2-8H2,1H3,(H,17,18)(H2,13,14,19). The summed E-state index contributed by atoms with van der Waals surface area (Å²) < 4.78 is 4.91. The molecule has 1 aromatic heterocycles. The summed E-state index contributed by atoms with van der Waals surface area (Å²) in [7, 11) is 0. The smallest absolute Gasteiger partial charge is 0.314 e. The van der Waals surface area contributed by atoms with Gasteiger partial charge < -0.3 is 20.3 Å². The minimum atomic E-state index is -0.785. The summed E-state index contributed by atoms with van der Waals surface area (Å²) in [5.41, 5.74) is 0. The number of urea groups is 1. The Bertz CT molecular complexity index is 433. The first-order valence-corrected chi connectivity index (χ1v) is 6.60. The summed E-state index contributed by atoms with van der Waals surface area (Å²) in [4.78, 5) is 25.7. The van der Waals surface area contributed by atoms with Crippen LogP contribution in [0.5, 0.6) is 0 Å². The molecule has 0 aromatic carbocycles. The quantitative estimate of drug-likeness (QED) is 0.579. The number of carbonyl (C=O) groups is 2. The molecule has 1 rings (SSSR count). The van der Waals surface area contributed by atoms with E-state index < -0.39 is 5.97 Å². The van der Waals surface area contributed by atoms with Gasteiger partial charge in [-0.05, 0) is 19.8 Å². The Hall–Kier alpha value is -2.12. The molecule has 0 saturated heterocycles. The number of aryl methyl sites for hydroxylation is 1. The zero-order chi connectivity index (χ0) is 14.8. The van der Waals surface area contributed by atoms with E-state index in [2.05, 4.69) is 20.8 Å². The number of carboxylic acid groups (broad SMARTS) is 1. The SMILES string of the molecule is Cc1noc(CCNC(=O)NCCCCCC(=O)O)n1. The highest BCUT2D eigenvalue weighted by Crippen LogP contribution is 1.98. The van der Waals surface area contributed by atoms with Gasteiger partial charge >= 0.3 is 12.0 Å². The van der Waals surface area contributed by atoms with E-state index in [0.29, 0.717) is 37.6 Å². The summed E-state index contributed by atoms with van der Waals surface area (Å²) in [6.45, 7) is 2.69. The number of amides is 2. The van der Waals surface area contributed by atoms with Gasteiger partial charge in [-0.25, -0.2) is 4.79 Å². The lowest BCUT2D eigenvalue weighted by Gasteiger charge is -2.06. The van der Waals surface area contributed by atoms with Crippen LogP contribution in [0.1, 0.15) is 37.4 Å².